The summed E-state index contributed by atoms with van der Waals surface area (Å²) in [5.74, 6) is 1.49. The number of nitrogens with zero attached hydrogens (tertiary/aromatic N) is 2. The Balaban J connectivity index is 1.77. The van der Waals surface area contributed by atoms with E-state index in [-0.39, 0.29) is 0 Å². The zero-order chi connectivity index (χ0) is 14.8. The second kappa shape index (κ2) is 5.82. The van der Waals surface area contributed by atoms with E-state index in [2.05, 4.69) is 65.7 Å². The summed E-state index contributed by atoms with van der Waals surface area (Å²) >= 11 is 1.69. The number of aryl methyl sites for hydroxylation is 1. The molecule has 0 saturated carbocycles. The summed E-state index contributed by atoms with van der Waals surface area (Å²) < 4.78 is 1.13. The largest absolute Gasteiger partial charge is 0.365 e. The molecule has 0 unspecified atom stereocenters. The van der Waals surface area contributed by atoms with E-state index in [0.717, 1.165) is 22.6 Å². The molecule has 108 valence electrons. The highest BCUT2D eigenvalue weighted by atomic mass is 32.1. The number of hydrogen-bond acceptors (Lipinski definition) is 4. The van der Waals surface area contributed by atoms with Gasteiger partial charge in [0.1, 0.15) is 12.1 Å². The van der Waals surface area contributed by atoms with Crippen LogP contribution in [-0.4, -0.2) is 9.97 Å². The molecule has 4 heteroatoms. The van der Waals surface area contributed by atoms with Crippen LogP contribution in [0.1, 0.15) is 36.5 Å². The summed E-state index contributed by atoms with van der Waals surface area (Å²) in [4.78, 5) is 8.72. The molecule has 0 aliphatic rings. The lowest BCUT2D eigenvalue weighted by Crippen LogP contribution is -2.02. The minimum absolute atomic E-state index is 0.572. The van der Waals surface area contributed by atoms with E-state index in [0.29, 0.717) is 5.92 Å². The van der Waals surface area contributed by atoms with Crippen LogP contribution in [0.5, 0.6) is 0 Å². The van der Waals surface area contributed by atoms with Gasteiger partial charge in [0.25, 0.3) is 0 Å². The van der Waals surface area contributed by atoms with Crippen molar-refractivity contribution < 1.29 is 0 Å². The maximum absolute atomic E-state index is 4.37. The maximum Gasteiger partial charge on any atom is 0.147 e. The number of thiophene rings is 1. The maximum atomic E-state index is 4.37. The average molecular weight is 297 g/mol. The molecule has 2 aromatic heterocycles. The number of benzene rings is 1. The lowest BCUT2D eigenvalue weighted by molar-refractivity contribution is 0.865. The Morgan fingerprint density at radius 3 is 2.62 bits per heavy atom. The van der Waals surface area contributed by atoms with Crippen molar-refractivity contribution in [1.29, 1.82) is 0 Å². The number of fused-ring (bicyclic) bond motifs is 1. The predicted molar refractivity (Wildman–Crippen MR) is 90.0 cm³/mol. The van der Waals surface area contributed by atoms with Gasteiger partial charge in [0.2, 0.25) is 0 Å². The first-order chi connectivity index (χ1) is 10.1. The van der Waals surface area contributed by atoms with Crippen molar-refractivity contribution >= 4 is 27.4 Å². The molecule has 0 amide bonds. The second-order valence-corrected chi connectivity index (χ2v) is 6.45. The third-order valence-corrected chi connectivity index (χ3v) is 4.73. The molecule has 0 atom stereocenters. The van der Waals surface area contributed by atoms with Crippen molar-refractivity contribution in [3.63, 3.8) is 0 Å². The molecule has 3 rings (SSSR count). The first-order valence-corrected chi connectivity index (χ1v) is 8.04. The molecule has 0 spiro atoms. The van der Waals surface area contributed by atoms with E-state index in [1.54, 1.807) is 17.7 Å². The van der Waals surface area contributed by atoms with Crippen molar-refractivity contribution in [2.45, 2.75) is 33.2 Å². The number of anilines is 1. The van der Waals surface area contributed by atoms with Gasteiger partial charge in [0.05, 0.1) is 10.2 Å². The first kappa shape index (κ1) is 14.0. The quantitative estimate of drug-likeness (QED) is 0.756. The predicted octanol–water partition coefficient (Wildman–Crippen LogP) is 4.74. The number of aromatic nitrogens is 2. The Kier molecular flexibility index (Phi) is 3.88. The van der Waals surface area contributed by atoms with Crippen molar-refractivity contribution in [3.8, 4) is 0 Å². The van der Waals surface area contributed by atoms with Gasteiger partial charge in [-0.2, -0.15) is 0 Å². The van der Waals surface area contributed by atoms with Gasteiger partial charge < -0.3 is 5.32 Å². The summed E-state index contributed by atoms with van der Waals surface area (Å²) in [6.07, 6.45) is 1.63. The number of rotatable bonds is 4. The number of nitrogens with one attached hydrogen (secondary N) is 1. The third kappa shape index (κ3) is 2.90. The second-order valence-electron chi connectivity index (χ2n) is 5.57. The van der Waals surface area contributed by atoms with Crippen LogP contribution in [0.4, 0.5) is 5.82 Å². The van der Waals surface area contributed by atoms with Crippen molar-refractivity contribution in [1.82, 2.24) is 9.97 Å². The standard InChI is InChI=1S/C17H19N3S/c1-11(2)14-6-4-13(5-7-14)8-18-17-16-15(19-10-20-17)12(3)9-21-16/h4-7,9-11H,8H2,1-3H3,(H,18,19,20). The molecule has 2 heterocycles. The van der Waals surface area contributed by atoms with Crippen LogP contribution in [0.15, 0.2) is 36.0 Å². The molecule has 1 N–H and O–H groups in total. The van der Waals surface area contributed by atoms with Gasteiger partial charge in [-0.3, -0.25) is 0 Å². The van der Waals surface area contributed by atoms with E-state index >= 15 is 0 Å². The number of hydrogen-bond donors (Lipinski definition) is 1. The average Bonchev–Trinajstić information content (AvgIpc) is 2.88. The van der Waals surface area contributed by atoms with E-state index in [9.17, 15) is 0 Å². The highest BCUT2D eigenvalue weighted by Crippen LogP contribution is 2.28. The Morgan fingerprint density at radius 1 is 1.14 bits per heavy atom. The Hall–Kier alpha value is -1.94. The van der Waals surface area contributed by atoms with Crippen LogP contribution in [-0.2, 0) is 6.54 Å². The smallest absolute Gasteiger partial charge is 0.147 e. The summed E-state index contributed by atoms with van der Waals surface area (Å²) in [6, 6.07) is 8.76. The van der Waals surface area contributed by atoms with E-state index in [4.69, 9.17) is 0 Å². The van der Waals surface area contributed by atoms with Crippen LogP contribution < -0.4 is 5.32 Å². The van der Waals surface area contributed by atoms with Gasteiger partial charge in [-0.05, 0) is 34.9 Å². The minimum Gasteiger partial charge on any atom is -0.365 e. The topological polar surface area (TPSA) is 37.8 Å². The molecule has 0 aliphatic carbocycles. The fourth-order valence-electron chi connectivity index (χ4n) is 2.30. The Labute approximate surface area is 129 Å². The molecule has 0 aliphatic heterocycles. The monoisotopic (exact) mass is 297 g/mol. The summed E-state index contributed by atoms with van der Waals surface area (Å²) in [6.45, 7) is 7.29. The molecule has 0 fully saturated rings. The lowest BCUT2D eigenvalue weighted by atomic mass is 10.0. The van der Waals surface area contributed by atoms with E-state index in [1.165, 1.54) is 16.7 Å². The van der Waals surface area contributed by atoms with Gasteiger partial charge in [-0.1, -0.05) is 38.1 Å². The Morgan fingerprint density at radius 2 is 1.90 bits per heavy atom. The van der Waals surface area contributed by atoms with Gasteiger partial charge in [0, 0.05) is 6.54 Å². The van der Waals surface area contributed by atoms with Crippen LogP contribution in [0.3, 0.4) is 0 Å². The molecule has 3 aromatic rings. The first-order valence-electron chi connectivity index (χ1n) is 7.16. The molecule has 0 radical (unpaired) electrons. The molecule has 3 nitrogen and oxygen atoms in total. The minimum atomic E-state index is 0.572. The lowest BCUT2D eigenvalue weighted by Gasteiger charge is -2.09. The summed E-state index contributed by atoms with van der Waals surface area (Å²) in [5.41, 5.74) is 4.89. The summed E-state index contributed by atoms with van der Waals surface area (Å²) in [5, 5.41) is 5.55. The van der Waals surface area contributed by atoms with Gasteiger partial charge in [-0.25, -0.2) is 9.97 Å². The fourth-order valence-corrected chi connectivity index (χ4v) is 3.27. The van der Waals surface area contributed by atoms with Gasteiger partial charge in [0.15, 0.2) is 0 Å². The zero-order valence-electron chi connectivity index (χ0n) is 12.6. The molecule has 21 heavy (non-hydrogen) atoms. The fraction of sp³-hybridized carbons (Fsp3) is 0.294. The molecule has 0 bridgehead atoms. The van der Waals surface area contributed by atoms with Crippen LogP contribution in [0.2, 0.25) is 0 Å². The highest BCUT2D eigenvalue weighted by Gasteiger charge is 2.07. The SMILES string of the molecule is Cc1csc2c(NCc3ccc(C(C)C)cc3)ncnc12. The Bertz CT molecular complexity index is 744. The highest BCUT2D eigenvalue weighted by molar-refractivity contribution is 7.18. The molecule has 0 saturated heterocycles. The van der Waals surface area contributed by atoms with E-state index < -0.39 is 0 Å². The van der Waals surface area contributed by atoms with Crippen molar-refractivity contribution in [2.75, 3.05) is 5.32 Å². The van der Waals surface area contributed by atoms with Gasteiger partial charge in [-0.15, -0.1) is 11.3 Å². The van der Waals surface area contributed by atoms with Crippen LogP contribution in [0.25, 0.3) is 10.2 Å². The molecular formula is C17H19N3S. The van der Waals surface area contributed by atoms with Gasteiger partial charge >= 0.3 is 0 Å². The molecule has 1 aromatic carbocycles. The zero-order valence-corrected chi connectivity index (χ0v) is 13.4. The third-order valence-electron chi connectivity index (χ3n) is 3.64. The van der Waals surface area contributed by atoms with Crippen molar-refractivity contribution in [2.24, 2.45) is 0 Å². The molecular weight excluding hydrogens is 278 g/mol. The normalized spacial score (nSPS) is 11.2. The van der Waals surface area contributed by atoms with Crippen molar-refractivity contribution in [3.05, 3.63) is 52.7 Å². The van der Waals surface area contributed by atoms with Crippen LogP contribution >= 0.6 is 11.3 Å². The van der Waals surface area contributed by atoms with Crippen LogP contribution in [0, 0.1) is 6.92 Å². The van der Waals surface area contributed by atoms with E-state index in [1.807, 2.05) is 0 Å². The summed E-state index contributed by atoms with van der Waals surface area (Å²) in [7, 11) is 0.